The minimum atomic E-state index is -1.22. The van der Waals surface area contributed by atoms with Gasteiger partial charge in [-0.15, -0.1) is 33.5 Å². The molecule has 3 aromatic rings. The van der Waals surface area contributed by atoms with Crippen molar-refractivity contribution in [2.75, 3.05) is 13.7 Å². The molecule has 1 saturated heterocycles. The van der Waals surface area contributed by atoms with E-state index in [0.717, 1.165) is 81.1 Å². The van der Waals surface area contributed by atoms with Crippen LogP contribution < -0.4 is 25.7 Å². The SMILES string of the molecule is C=Cc1c2[n-]c(c1C)/C=C1\[N-]/C(=C3\c4[n-]c(c(C)c4C(=O)[C@@H]3C(=O)OC)/C=c3\[n-]/c(c(C)c3CC)=C\2)[C@@H](CCC(=O)OC/C=C(/C)CCC[C@H](C)CCCC(C)C)[C@@H]1C.[Mg+2]. The first-order valence-corrected chi connectivity index (χ1v) is 21.6. The van der Waals surface area contributed by atoms with Crippen LogP contribution in [0.1, 0.15) is 154 Å². The molecule has 4 atom stereocenters. The first-order valence-electron chi connectivity index (χ1n) is 21.6. The molecule has 9 nitrogen and oxygen atoms in total. The van der Waals surface area contributed by atoms with Gasteiger partial charge in [-0.05, 0) is 88.7 Å². The van der Waals surface area contributed by atoms with Gasteiger partial charge in [0, 0.05) is 12.0 Å². The summed E-state index contributed by atoms with van der Waals surface area (Å²) in [4.78, 5) is 56.4. The maximum atomic E-state index is 14.3. The maximum absolute atomic E-state index is 14.3. The van der Waals surface area contributed by atoms with Crippen molar-refractivity contribution < 1.29 is 23.9 Å². The van der Waals surface area contributed by atoms with Crippen molar-refractivity contribution in [2.24, 2.45) is 29.6 Å². The summed E-state index contributed by atoms with van der Waals surface area (Å²) in [5.41, 5.74) is 10.7. The summed E-state index contributed by atoms with van der Waals surface area (Å²) >= 11 is 0. The Morgan fingerprint density at radius 2 is 1.60 bits per heavy atom. The van der Waals surface area contributed by atoms with Crippen molar-refractivity contribution in [2.45, 2.75) is 120 Å². The zero-order valence-corrected chi connectivity index (χ0v) is 39.0. The number of esters is 2. The number of ketones is 1. The van der Waals surface area contributed by atoms with Gasteiger partial charge in [-0.1, -0.05) is 125 Å². The standard InChI is InChI=1S/C50H63N4O5.Mg/c1-12-34-30(7)37-24-39-32(9)36(20-21-43(55)59-23-22-29(6)19-15-18-28(5)17-14-16-27(3)4)47(53-39)45-46(50(57)58-11)49(56)44-33(10)40(54-48(44)45)26-42-35(13-2)31(8)38(52-42)25-41(34)51-37;/h12,22,24-28,32,36,46H,1,13-21,23H2,2-11H3,(H-,53,54,56);/q-3;+2/p-1/b29-22-,38-25-,39-24-,42-26-;/t28-,32+,36+,46-;/m1./s1. The molecule has 60 heavy (non-hydrogen) atoms. The zero-order chi connectivity index (χ0) is 42.7. The van der Waals surface area contributed by atoms with Crippen LogP contribution in [0.2, 0.25) is 0 Å². The molecule has 0 N–H and O–H groups in total. The molecule has 10 heteroatoms. The Kier molecular flexibility index (Phi) is 15.6. The summed E-state index contributed by atoms with van der Waals surface area (Å²) in [6, 6.07) is 0. The molecular formula is C50H62MgN4O5-2. The fraction of sp³-hybridized carbons (Fsp3) is 0.500. The first kappa shape index (κ1) is 46.8. The number of rotatable bonds is 16. The molecule has 0 spiro atoms. The Labute approximate surface area is 372 Å². The molecule has 8 bridgehead atoms. The third kappa shape index (κ3) is 9.60. The van der Waals surface area contributed by atoms with Crippen molar-refractivity contribution in [3.8, 4) is 0 Å². The number of methoxy groups -OCH3 is 1. The van der Waals surface area contributed by atoms with Crippen LogP contribution in [0.3, 0.4) is 0 Å². The van der Waals surface area contributed by atoms with E-state index in [2.05, 4.69) is 55.0 Å². The van der Waals surface area contributed by atoms with Gasteiger partial charge in [0.1, 0.15) is 12.5 Å². The van der Waals surface area contributed by atoms with Crippen molar-refractivity contribution in [3.63, 3.8) is 0 Å². The topological polar surface area (TPSA) is 126 Å². The summed E-state index contributed by atoms with van der Waals surface area (Å²) in [5, 5.41) is 6.82. The van der Waals surface area contributed by atoms with Crippen LogP contribution in [0, 0.1) is 50.4 Å². The van der Waals surface area contributed by atoms with Crippen LogP contribution in [0.5, 0.6) is 0 Å². The predicted octanol–water partition coefficient (Wildman–Crippen LogP) is 8.56. The number of hydrogen-bond donors (Lipinski definition) is 0. The number of carbonyl (C=O) groups is 3. The second kappa shape index (κ2) is 20.1. The van der Waals surface area contributed by atoms with Crippen molar-refractivity contribution >= 4 is 70.7 Å². The van der Waals surface area contributed by atoms with E-state index in [9.17, 15) is 14.4 Å². The molecular weight excluding hydrogens is 761 g/mol. The van der Waals surface area contributed by atoms with Crippen LogP contribution in [0.15, 0.2) is 29.6 Å². The van der Waals surface area contributed by atoms with E-state index in [1.807, 2.05) is 44.2 Å². The van der Waals surface area contributed by atoms with Gasteiger partial charge in [0.25, 0.3) is 0 Å². The van der Waals surface area contributed by atoms with E-state index in [1.54, 1.807) is 0 Å². The van der Waals surface area contributed by atoms with Crippen LogP contribution in [-0.4, -0.2) is 54.5 Å². The van der Waals surface area contributed by atoms with E-state index in [-0.39, 0.29) is 59.7 Å². The van der Waals surface area contributed by atoms with E-state index in [4.69, 9.17) is 29.7 Å². The van der Waals surface area contributed by atoms with E-state index in [1.165, 1.54) is 38.4 Å². The van der Waals surface area contributed by atoms with Gasteiger partial charge in [0.15, 0.2) is 5.78 Å². The summed E-state index contributed by atoms with van der Waals surface area (Å²) < 4.78 is 11.0. The Balaban J connectivity index is 0.00000683. The summed E-state index contributed by atoms with van der Waals surface area (Å²) in [6.07, 6.45) is 18.2. The summed E-state index contributed by atoms with van der Waals surface area (Å²) in [6.45, 7) is 23.5. The number of aromatic nitrogens is 3. The molecule has 5 heterocycles. The van der Waals surface area contributed by atoms with E-state index in [0.29, 0.717) is 40.2 Å². The maximum Gasteiger partial charge on any atom is 2.00 e. The smallest absolute Gasteiger partial charge is 0.664 e. The molecule has 0 amide bonds. The van der Waals surface area contributed by atoms with Crippen molar-refractivity contribution in [1.29, 1.82) is 0 Å². The molecule has 1 fully saturated rings. The number of ether oxygens (including phenoxy) is 2. The Hall–Kier alpha value is -4.28. The molecule has 1 aliphatic carbocycles. The Bertz CT molecular complexity index is 2350. The molecule has 6 rings (SSSR count). The monoisotopic (exact) mass is 822 g/mol. The number of Topliss-reactive ketones (excluding diaryl/α,β-unsaturated/α-hetero) is 1. The average Bonchev–Trinajstić information content (AvgIpc) is 3.94. The molecule has 0 radical (unpaired) electrons. The minimum absolute atomic E-state index is 0. The quantitative estimate of drug-likeness (QED) is 0.0609. The van der Waals surface area contributed by atoms with Crippen molar-refractivity contribution in [3.05, 3.63) is 102 Å². The third-order valence-corrected chi connectivity index (χ3v) is 12.8. The third-order valence-electron chi connectivity index (χ3n) is 12.8. The van der Waals surface area contributed by atoms with E-state index < -0.39 is 11.9 Å². The van der Waals surface area contributed by atoms with Gasteiger partial charge < -0.3 is 29.7 Å². The second-order valence-corrected chi connectivity index (χ2v) is 17.4. The number of fused-ring (bicyclic) bond motifs is 7. The number of allylic oxidation sites excluding steroid dienone is 3. The fourth-order valence-electron chi connectivity index (χ4n) is 9.12. The summed E-state index contributed by atoms with van der Waals surface area (Å²) in [5.74, 6) is -1.56. The molecule has 3 aliphatic rings. The fourth-order valence-corrected chi connectivity index (χ4v) is 9.12. The number of hydrogen-bond acceptors (Lipinski definition) is 5. The number of nitrogens with zero attached hydrogens (tertiary/aromatic N) is 4. The zero-order valence-electron chi connectivity index (χ0n) is 37.6. The first-order chi connectivity index (χ1) is 28.2. The molecule has 0 aromatic carbocycles. The van der Waals surface area contributed by atoms with Gasteiger partial charge in [-0.3, -0.25) is 14.4 Å². The van der Waals surface area contributed by atoms with Crippen molar-refractivity contribution in [1.82, 2.24) is 15.0 Å². The van der Waals surface area contributed by atoms with Gasteiger partial charge in [0.05, 0.1) is 7.11 Å². The molecule has 0 unspecified atom stereocenters. The van der Waals surface area contributed by atoms with Gasteiger partial charge >= 0.3 is 35.0 Å². The number of carbonyl (C=O) groups excluding carboxylic acids is 3. The largest absolute Gasteiger partial charge is 2.00 e. The van der Waals surface area contributed by atoms with Crippen LogP contribution in [0.25, 0.3) is 35.2 Å². The minimum Gasteiger partial charge on any atom is -0.664 e. The van der Waals surface area contributed by atoms with Gasteiger partial charge in [-0.2, -0.15) is 11.4 Å². The molecule has 3 aromatic heterocycles. The molecule has 2 aliphatic heterocycles. The van der Waals surface area contributed by atoms with E-state index >= 15 is 0 Å². The predicted molar refractivity (Wildman–Crippen MR) is 242 cm³/mol. The Morgan fingerprint density at radius 1 is 0.900 bits per heavy atom. The molecule has 0 saturated carbocycles. The second-order valence-electron chi connectivity index (χ2n) is 17.4. The average molecular weight is 823 g/mol. The normalized spacial score (nSPS) is 21.9. The summed E-state index contributed by atoms with van der Waals surface area (Å²) in [7, 11) is 1.29. The molecule has 316 valence electrons. The van der Waals surface area contributed by atoms with Gasteiger partial charge in [0.2, 0.25) is 0 Å². The van der Waals surface area contributed by atoms with Gasteiger partial charge in [-0.25, -0.2) is 0 Å². The van der Waals surface area contributed by atoms with Crippen LogP contribution in [0.4, 0.5) is 0 Å². The van der Waals surface area contributed by atoms with Crippen LogP contribution in [-0.2, 0) is 25.5 Å². The van der Waals surface area contributed by atoms with Crippen LogP contribution >= 0.6 is 0 Å². The Morgan fingerprint density at radius 3 is 2.28 bits per heavy atom.